The summed E-state index contributed by atoms with van der Waals surface area (Å²) in [7, 11) is 1.93. The van der Waals surface area contributed by atoms with Crippen LogP contribution in [0.1, 0.15) is 24.5 Å². The van der Waals surface area contributed by atoms with Crippen LogP contribution in [0.2, 0.25) is 0 Å². The molecule has 0 bridgehead atoms. The summed E-state index contributed by atoms with van der Waals surface area (Å²) in [5.74, 6) is 0.740. The number of thiazole rings is 1. The van der Waals surface area contributed by atoms with Gasteiger partial charge in [-0.15, -0.1) is 11.3 Å². The number of aryl methyl sites for hydroxylation is 1. The van der Waals surface area contributed by atoms with E-state index in [1.54, 1.807) is 11.3 Å². The van der Waals surface area contributed by atoms with Crippen LogP contribution in [-0.2, 0) is 7.05 Å². The van der Waals surface area contributed by atoms with E-state index in [-0.39, 0.29) is 0 Å². The van der Waals surface area contributed by atoms with Crippen molar-refractivity contribution < 1.29 is 0 Å². The molecule has 1 aliphatic carbocycles. The molecule has 2 aromatic rings. The lowest BCUT2D eigenvalue weighted by Crippen LogP contribution is -1.87. The van der Waals surface area contributed by atoms with Crippen LogP contribution in [0.15, 0.2) is 17.6 Å². The fraction of sp³-hybridized carbons (Fsp3) is 0.400. The molecule has 0 amide bonds. The van der Waals surface area contributed by atoms with Gasteiger partial charge in [0.05, 0.1) is 5.69 Å². The van der Waals surface area contributed by atoms with Gasteiger partial charge in [0.1, 0.15) is 10.7 Å². The Balaban J connectivity index is 1.95. The summed E-state index contributed by atoms with van der Waals surface area (Å²) >= 11 is 1.70. The molecule has 2 heterocycles. The summed E-state index contributed by atoms with van der Waals surface area (Å²) < 4.78 is 1.81. The highest BCUT2D eigenvalue weighted by molar-refractivity contribution is 7.13. The predicted molar refractivity (Wildman–Crippen MR) is 56.3 cm³/mol. The Morgan fingerprint density at radius 2 is 2.36 bits per heavy atom. The predicted octanol–water partition coefficient (Wildman–Crippen LogP) is 2.42. The van der Waals surface area contributed by atoms with Crippen molar-refractivity contribution in [1.29, 1.82) is 0 Å². The lowest BCUT2D eigenvalue weighted by atomic mass is 10.3. The monoisotopic (exact) mass is 205 g/mol. The Morgan fingerprint density at radius 3 is 3.00 bits per heavy atom. The molecule has 72 valence electrons. The first-order valence-corrected chi connectivity index (χ1v) is 5.66. The van der Waals surface area contributed by atoms with Crippen LogP contribution in [0.4, 0.5) is 0 Å². The zero-order chi connectivity index (χ0) is 9.54. The summed E-state index contributed by atoms with van der Waals surface area (Å²) in [5.41, 5.74) is 2.25. The molecule has 0 saturated heterocycles. The standard InChI is InChI=1S/C10H11N3S/c1-13-5-4-8(12-13)10-11-9(6-14-10)7-2-3-7/h4-7H,2-3H2,1H3. The van der Waals surface area contributed by atoms with Gasteiger partial charge < -0.3 is 0 Å². The van der Waals surface area contributed by atoms with Gasteiger partial charge in [0.15, 0.2) is 0 Å². The minimum Gasteiger partial charge on any atom is -0.275 e. The summed E-state index contributed by atoms with van der Waals surface area (Å²) in [6.45, 7) is 0. The largest absolute Gasteiger partial charge is 0.275 e. The second-order valence-electron chi connectivity index (χ2n) is 3.73. The van der Waals surface area contributed by atoms with Gasteiger partial charge in [-0.05, 0) is 18.9 Å². The van der Waals surface area contributed by atoms with E-state index in [9.17, 15) is 0 Å². The van der Waals surface area contributed by atoms with Crippen molar-refractivity contribution in [2.45, 2.75) is 18.8 Å². The topological polar surface area (TPSA) is 30.7 Å². The Labute approximate surface area is 86.4 Å². The average Bonchev–Trinajstić information content (AvgIpc) is 2.76. The van der Waals surface area contributed by atoms with Crippen molar-refractivity contribution in [1.82, 2.24) is 14.8 Å². The van der Waals surface area contributed by atoms with Gasteiger partial charge in [-0.25, -0.2) is 4.98 Å². The van der Waals surface area contributed by atoms with E-state index in [0.29, 0.717) is 0 Å². The third-order valence-corrected chi connectivity index (χ3v) is 3.33. The number of aromatic nitrogens is 3. The van der Waals surface area contributed by atoms with E-state index in [4.69, 9.17) is 0 Å². The van der Waals surface area contributed by atoms with Crippen LogP contribution in [0, 0.1) is 0 Å². The third-order valence-electron chi connectivity index (χ3n) is 2.45. The van der Waals surface area contributed by atoms with Crippen molar-refractivity contribution >= 4 is 11.3 Å². The molecule has 0 unspecified atom stereocenters. The SMILES string of the molecule is Cn1ccc(-c2nc(C3CC3)cs2)n1. The van der Waals surface area contributed by atoms with Crippen molar-refractivity contribution in [3.8, 4) is 10.7 Å². The minimum atomic E-state index is 0.740. The Bertz CT molecular complexity index is 453. The second kappa shape index (κ2) is 2.92. The van der Waals surface area contributed by atoms with E-state index in [0.717, 1.165) is 16.6 Å². The van der Waals surface area contributed by atoms with E-state index >= 15 is 0 Å². The van der Waals surface area contributed by atoms with Gasteiger partial charge in [-0.1, -0.05) is 0 Å². The maximum absolute atomic E-state index is 4.60. The van der Waals surface area contributed by atoms with Crippen LogP contribution < -0.4 is 0 Å². The summed E-state index contributed by atoms with van der Waals surface area (Å²) in [5, 5.41) is 7.56. The molecular formula is C10H11N3S. The number of hydrogen-bond donors (Lipinski definition) is 0. The highest BCUT2D eigenvalue weighted by Gasteiger charge is 2.26. The van der Waals surface area contributed by atoms with E-state index in [1.807, 2.05) is 24.0 Å². The van der Waals surface area contributed by atoms with Crippen LogP contribution >= 0.6 is 11.3 Å². The molecule has 3 nitrogen and oxygen atoms in total. The Hall–Kier alpha value is -1.16. The number of rotatable bonds is 2. The molecule has 0 spiro atoms. The van der Waals surface area contributed by atoms with Gasteiger partial charge in [0.25, 0.3) is 0 Å². The summed E-state index contributed by atoms with van der Waals surface area (Å²) in [4.78, 5) is 4.60. The molecule has 14 heavy (non-hydrogen) atoms. The van der Waals surface area contributed by atoms with E-state index in [1.165, 1.54) is 18.5 Å². The Kier molecular flexibility index (Phi) is 1.70. The highest BCUT2D eigenvalue weighted by atomic mass is 32.1. The number of hydrogen-bond acceptors (Lipinski definition) is 3. The fourth-order valence-electron chi connectivity index (χ4n) is 1.50. The van der Waals surface area contributed by atoms with E-state index < -0.39 is 0 Å². The zero-order valence-corrected chi connectivity index (χ0v) is 8.79. The summed E-state index contributed by atoms with van der Waals surface area (Å²) in [6.07, 6.45) is 4.57. The van der Waals surface area contributed by atoms with Crippen LogP contribution in [0.25, 0.3) is 10.7 Å². The molecule has 2 aromatic heterocycles. The zero-order valence-electron chi connectivity index (χ0n) is 7.97. The van der Waals surface area contributed by atoms with Gasteiger partial charge in [0, 0.05) is 24.5 Å². The van der Waals surface area contributed by atoms with Gasteiger partial charge in [-0.3, -0.25) is 4.68 Å². The smallest absolute Gasteiger partial charge is 0.144 e. The molecule has 0 aliphatic heterocycles. The van der Waals surface area contributed by atoms with Crippen molar-refractivity contribution in [3.05, 3.63) is 23.3 Å². The molecule has 1 aliphatic rings. The third kappa shape index (κ3) is 1.35. The quantitative estimate of drug-likeness (QED) is 0.753. The molecule has 1 saturated carbocycles. The summed E-state index contributed by atoms with van der Waals surface area (Å²) in [6, 6.07) is 2.01. The van der Waals surface area contributed by atoms with Crippen LogP contribution in [0.3, 0.4) is 0 Å². The second-order valence-corrected chi connectivity index (χ2v) is 4.58. The van der Waals surface area contributed by atoms with E-state index in [2.05, 4.69) is 15.5 Å². The lowest BCUT2D eigenvalue weighted by Gasteiger charge is -1.88. The fourth-order valence-corrected chi connectivity index (χ4v) is 2.36. The molecule has 0 atom stereocenters. The molecule has 4 heteroatoms. The van der Waals surface area contributed by atoms with Gasteiger partial charge in [-0.2, -0.15) is 5.10 Å². The maximum atomic E-state index is 4.60. The first-order chi connectivity index (χ1) is 6.83. The molecule has 0 aromatic carbocycles. The molecule has 1 fully saturated rings. The highest BCUT2D eigenvalue weighted by Crippen LogP contribution is 2.41. The Morgan fingerprint density at radius 1 is 1.50 bits per heavy atom. The van der Waals surface area contributed by atoms with Gasteiger partial charge >= 0.3 is 0 Å². The van der Waals surface area contributed by atoms with Crippen molar-refractivity contribution in [2.75, 3.05) is 0 Å². The molecule has 3 rings (SSSR count). The number of nitrogens with zero attached hydrogens (tertiary/aromatic N) is 3. The average molecular weight is 205 g/mol. The van der Waals surface area contributed by atoms with Crippen LogP contribution in [0.5, 0.6) is 0 Å². The van der Waals surface area contributed by atoms with Crippen molar-refractivity contribution in [3.63, 3.8) is 0 Å². The first kappa shape index (κ1) is 8.17. The molecule has 0 N–H and O–H groups in total. The maximum Gasteiger partial charge on any atom is 0.144 e. The van der Waals surface area contributed by atoms with Crippen molar-refractivity contribution in [2.24, 2.45) is 7.05 Å². The lowest BCUT2D eigenvalue weighted by molar-refractivity contribution is 0.770. The van der Waals surface area contributed by atoms with Gasteiger partial charge in [0.2, 0.25) is 0 Å². The van der Waals surface area contributed by atoms with Crippen LogP contribution in [-0.4, -0.2) is 14.8 Å². The minimum absolute atomic E-state index is 0.740. The molecule has 0 radical (unpaired) electrons. The molecular weight excluding hydrogens is 194 g/mol. The normalized spacial score (nSPS) is 16.1. The first-order valence-electron chi connectivity index (χ1n) is 4.78.